The molecule has 0 radical (unpaired) electrons. The fourth-order valence-corrected chi connectivity index (χ4v) is 6.04. The zero-order valence-corrected chi connectivity index (χ0v) is 19.9. The van der Waals surface area contributed by atoms with Crippen LogP contribution in [0.15, 0.2) is 29.4 Å². The lowest BCUT2D eigenvalue weighted by molar-refractivity contribution is 0.0695. The second-order valence-corrected chi connectivity index (χ2v) is 9.61. The van der Waals surface area contributed by atoms with Crippen molar-refractivity contribution in [1.29, 1.82) is 0 Å². The van der Waals surface area contributed by atoms with Gasteiger partial charge in [0.15, 0.2) is 0 Å². The molecule has 3 aromatic rings. The summed E-state index contributed by atoms with van der Waals surface area (Å²) in [7, 11) is 0. The van der Waals surface area contributed by atoms with Gasteiger partial charge in [0.2, 0.25) is 0 Å². The lowest BCUT2D eigenvalue weighted by atomic mass is 9.95. The van der Waals surface area contributed by atoms with Crippen molar-refractivity contribution in [3.63, 3.8) is 0 Å². The molecule has 2 heterocycles. The normalized spacial score (nSPS) is 13.4. The highest BCUT2D eigenvalue weighted by Crippen LogP contribution is 2.38. The van der Waals surface area contributed by atoms with Crippen molar-refractivity contribution in [3.05, 3.63) is 72.8 Å². The van der Waals surface area contributed by atoms with E-state index < -0.39 is 11.9 Å². The van der Waals surface area contributed by atoms with Crippen molar-refractivity contribution in [3.8, 4) is 5.00 Å². The Bertz CT molecular complexity index is 1260. The van der Waals surface area contributed by atoms with Crippen LogP contribution in [0, 0.1) is 13.8 Å². The Morgan fingerprint density at radius 3 is 2.66 bits per heavy atom. The Labute approximate surface area is 199 Å². The lowest BCUT2D eigenvalue weighted by Gasteiger charge is -2.11. The standard InChI is InChI=1S/C23H21Cl2N3O3S/c1-12-9-14(11-26-27-21(29)16-8-7-15(24)10-18(16)25)13(2)28(12)22-20(23(30)31)17-5-3-4-6-19(17)32-22/h7-11H,3-6H2,1-2H3,(H,27,29)(H,30,31). The average Bonchev–Trinajstić information content (AvgIpc) is 3.24. The minimum absolute atomic E-state index is 0.242. The Morgan fingerprint density at radius 1 is 1.19 bits per heavy atom. The summed E-state index contributed by atoms with van der Waals surface area (Å²) >= 11 is 13.5. The quantitative estimate of drug-likeness (QED) is 0.350. The zero-order chi connectivity index (χ0) is 23.0. The van der Waals surface area contributed by atoms with E-state index in [1.165, 1.54) is 17.0 Å². The number of carboxylic acid groups (broad SMARTS) is 1. The van der Waals surface area contributed by atoms with Crippen molar-refractivity contribution in [1.82, 2.24) is 9.99 Å². The number of nitrogens with zero attached hydrogens (tertiary/aromatic N) is 2. The summed E-state index contributed by atoms with van der Waals surface area (Å²) in [6, 6.07) is 6.54. The number of aromatic carboxylic acids is 1. The molecule has 32 heavy (non-hydrogen) atoms. The number of rotatable bonds is 5. The maximum absolute atomic E-state index is 12.4. The van der Waals surface area contributed by atoms with Crippen LogP contribution >= 0.6 is 34.5 Å². The van der Waals surface area contributed by atoms with Gasteiger partial charge in [-0.05, 0) is 69.4 Å². The summed E-state index contributed by atoms with van der Waals surface area (Å²) in [4.78, 5) is 25.6. The predicted octanol–water partition coefficient (Wildman–Crippen LogP) is 5.80. The Morgan fingerprint density at radius 2 is 1.94 bits per heavy atom. The molecule has 0 atom stereocenters. The minimum Gasteiger partial charge on any atom is -0.478 e. The van der Waals surface area contributed by atoms with Crippen LogP contribution in [0.3, 0.4) is 0 Å². The van der Waals surface area contributed by atoms with Gasteiger partial charge in [-0.1, -0.05) is 23.2 Å². The molecule has 1 amide bonds. The summed E-state index contributed by atoms with van der Waals surface area (Å²) < 4.78 is 1.96. The van der Waals surface area contributed by atoms with E-state index in [-0.39, 0.29) is 10.6 Å². The number of carbonyl (C=O) groups is 2. The molecule has 4 rings (SSSR count). The number of aryl methyl sites for hydroxylation is 2. The number of hydrazone groups is 1. The number of benzene rings is 1. The molecule has 0 unspecified atom stereocenters. The van der Waals surface area contributed by atoms with Crippen LogP contribution < -0.4 is 5.43 Å². The molecular weight excluding hydrogens is 469 g/mol. The van der Waals surface area contributed by atoms with E-state index in [4.69, 9.17) is 23.2 Å². The molecule has 0 fully saturated rings. The molecule has 2 N–H and O–H groups in total. The summed E-state index contributed by atoms with van der Waals surface area (Å²) in [6.07, 6.45) is 5.38. The predicted molar refractivity (Wildman–Crippen MR) is 128 cm³/mol. The number of fused-ring (bicyclic) bond motifs is 1. The largest absolute Gasteiger partial charge is 0.478 e. The first kappa shape index (κ1) is 22.6. The molecule has 0 bridgehead atoms. The number of thiophene rings is 1. The number of halogens is 2. The summed E-state index contributed by atoms with van der Waals surface area (Å²) in [6.45, 7) is 3.84. The zero-order valence-electron chi connectivity index (χ0n) is 17.5. The molecule has 2 aromatic heterocycles. The summed E-state index contributed by atoms with van der Waals surface area (Å²) in [5.74, 6) is -1.34. The van der Waals surface area contributed by atoms with Gasteiger partial charge in [0.05, 0.1) is 22.4 Å². The number of hydrogen-bond acceptors (Lipinski definition) is 4. The first-order valence-corrected chi connectivity index (χ1v) is 11.7. The molecule has 0 aliphatic heterocycles. The van der Waals surface area contributed by atoms with Gasteiger partial charge >= 0.3 is 5.97 Å². The smallest absolute Gasteiger partial charge is 0.339 e. The third-order valence-electron chi connectivity index (χ3n) is 5.59. The van der Waals surface area contributed by atoms with E-state index >= 15 is 0 Å². The first-order valence-electron chi connectivity index (χ1n) is 10.1. The number of nitrogens with one attached hydrogen (secondary N) is 1. The van der Waals surface area contributed by atoms with Gasteiger partial charge in [0.1, 0.15) is 5.00 Å². The van der Waals surface area contributed by atoms with E-state index in [1.54, 1.807) is 23.6 Å². The van der Waals surface area contributed by atoms with Crippen LogP contribution in [-0.4, -0.2) is 27.8 Å². The van der Waals surface area contributed by atoms with Crippen LogP contribution in [0.1, 0.15) is 60.9 Å². The van der Waals surface area contributed by atoms with Crippen LogP contribution in [0.25, 0.3) is 5.00 Å². The number of carbonyl (C=O) groups excluding carboxylic acids is 1. The Kier molecular flexibility index (Phi) is 6.42. The molecule has 6 nitrogen and oxygen atoms in total. The van der Waals surface area contributed by atoms with Crippen molar-refractivity contribution in [2.75, 3.05) is 0 Å². The van der Waals surface area contributed by atoms with Gasteiger partial charge in [0, 0.05) is 26.9 Å². The van der Waals surface area contributed by atoms with Crippen LogP contribution in [0.5, 0.6) is 0 Å². The van der Waals surface area contributed by atoms with Gasteiger partial charge < -0.3 is 9.67 Å². The molecular formula is C23H21Cl2N3O3S. The van der Waals surface area contributed by atoms with Crippen molar-refractivity contribution in [2.45, 2.75) is 39.5 Å². The molecule has 1 aliphatic rings. The third-order valence-corrected chi connectivity index (χ3v) is 7.41. The second kappa shape index (κ2) is 9.10. The lowest BCUT2D eigenvalue weighted by Crippen LogP contribution is -2.18. The van der Waals surface area contributed by atoms with Crippen LogP contribution in [-0.2, 0) is 12.8 Å². The maximum Gasteiger partial charge on any atom is 0.339 e. The Hall–Kier alpha value is -2.61. The molecule has 0 spiro atoms. The highest BCUT2D eigenvalue weighted by Gasteiger charge is 2.27. The molecule has 1 aliphatic carbocycles. The topological polar surface area (TPSA) is 83.7 Å². The molecule has 9 heteroatoms. The van der Waals surface area contributed by atoms with Crippen molar-refractivity contribution < 1.29 is 14.7 Å². The van der Waals surface area contributed by atoms with E-state index in [0.717, 1.165) is 53.2 Å². The third kappa shape index (κ3) is 4.20. The number of hydrogen-bond donors (Lipinski definition) is 2. The SMILES string of the molecule is Cc1cc(C=NNC(=O)c2ccc(Cl)cc2Cl)c(C)n1-c1sc2c(c1C(=O)O)CCCC2. The highest BCUT2D eigenvalue weighted by molar-refractivity contribution is 7.15. The highest BCUT2D eigenvalue weighted by atomic mass is 35.5. The average molecular weight is 490 g/mol. The van der Waals surface area contributed by atoms with Gasteiger partial charge in [-0.2, -0.15) is 5.10 Å². The molecule has 1 aromatic carbocycles. The fourth-order valence-electron chi connectivity index (χ4n) is 4.05. The van der Waals surface area contributed by atoms with E-state index in [9.17, 15) is 14.7 Å². The Balaban J connectivity index is 1.62. The van der Waals surface area contributed by atoms with Gasteiger partial charge in [0.25, 0.3) is 5.91 Å². The van der Waals surface area contributed by atoms with E-state index in [1.807, 2.05) is 24.5 Å². The molecule has 0 saturated carbocycles. The summed E-state index contributed by atoms with van der Waals surface area (Å²) in [5.41, 5.74) is 6.66. The van der Waals surface area contributed by atoms with Crippen LogP contribution in [0.2, 0.25) is 10.0 Å². The number of carboxylic acids is 1. The van der Waals surface area contributed by atoms with Gasteiger partial charge in [-0.3, -0.25) is 4.79 Å². The number of amides is 1. The number of aromatic nitrogens is 1. The van der Waals surface area contributed by atoms with E-state index in [2.05, 4.69) is 10.5 Å². The molecule has 166 valence electrons. The molecule has 0 saturated heterocycles. The monoisotopic (exact) mass is 489 g/mol. The van der Waals surface area contributed by atoms with Gasteiger partial charge in [-0.25, -0.2) is 10.2 Å². The minimum atomic E-state index is -0.894. The summed E-state index contributed by atoms with van der Waals surface area (Å²) in [5, 5.41) is 15.4. The van der Waals surface area contributed by atoms with Gasteiger partial charge in [-0.15, -0.1) is 11.3 Å². The van der Waals surface area contributed by atoms with E-state index in [0.29, 0.717) is 10.6 Å². The van der Waals surface area contributed by atoms with Crippen LogP contribution in [0.4, 0.5) is 0 Å². The first-order chi connectivity index (χ1) is 15.3. The second-order valence-electron chi connectivity index (χ2n) is 7.68. The van der Waals surface area contributed by atoms with Crippen molar-refractivity contribution >= 4 is 52.6 Å². The fraction of sp³-hybridized carbons (Fsp3) is 0.261. The van der Waals surface area contributed by atoms with Crippen molar-refractivity contribution in [2.24, 2.45) is 5.10 Å². The maximum atomic E-state index is 12.4.